The minimum Gasteiger partial charge on any atom is -0.494 e. The highest BCUT2D eigenvalue weighted by Gasteiger charge is 2.56. The molecule has 1 aliphatic rings. The summed E-state index contributed by atoms with van der Waals surface area (Å²) in [4.78, 5) is 68.9. The fourth-order valence-electron chi connectivity index (χ4n) is 3.52. The van der Waals surface area contributed by atoms with E-state index in [0.29, 0.717) is 0 Å². The Balaban J connectivity index is 2.29. The van der Waals surface area contributed by atoms with E-state index in [1.807, 2.05) is 19.9 Å². The van der Waals surface area contributed by atoms with E-state index in [-0.39, 0.29) is 11.3 Å². The monoisotopic (exact) mass is 385 g/mol. The van der Waals surface area contributed by atoms with Crippen molar-refractivity contribution in [2.45, 2.75) is 5.41 Å². The molecule has 1 aliphatic heterocycles. The maximum atomic E-state index is 13.1. The van der Waals surface area contributed by atoms with Gasteiger partial charge < -0.3 is 15.5 Å². The summed E-state index contributed by atoms with van der Waals surface area (Å²) in [5.41, 5.74) is -7.97. The zero-order valence-electron chi connectivity index (χ0n) is 13.7. The van der Waals surface area contributed by atoms with Crippen LogP contribution in [-0.2, 0) is 10.2 Å². The minimum absolute atomic E-state index is 0.0423. The number of hydrogen-bond acceptors (Lipinski definition) is 7. The van der Waals surface area contributed by atoms with E-state index in [0.717, 1.165) is 0 Å². The summed E-state index contributed by atoms with van der Waals surface area (Å²) < 4.78 is 0. The van der Waals surface area contributed by atoms with Crippen LogP contribution in [-0.4, -0.2) is 36.1 Å². The van der Waals surface area contributed by atoms with Gasteiger partial charge in [-0.15, -0.1) is 0 Å². The van der Waals surface area contributed by atoms with Crippen molar-refractivity contribution in [1.29, 1.82) is 0 Å². The highest BCUT2D eigenvalue weighted by molar-refractivity contribution is 6.11. The molecule has 0 atom stereocenters. The number of amides is 1. The molecule has 7 N–H and O–H groups in total. The van der Waals surface area contributed by atoms with E-state index in [9.17, 15) is 34.2 Å². The smallest absolute Gasteiger partial charge is 0.328 e. The number of H-pyrrole nitrogens is 4. The average Bonchev–Trinajstić information content (AvgIpc) is 2.86. The highest BCUT2D eigenvalue weighted by atomic mass is 16.3. The Kier molecular flexibility index (Phi) is 3.40. The van der Waals surface area contributed by atoms with Gasteiger partial charge in [0.1, 0.15) is 16.5 Å². The van der Waals surface area contributed by atoms with E-state index >= 15 is 0 Å². The largest absolute Gasteiger partial charge is 0.494 e. The van der Waals surface area contributed by atoms with Crippen LogP contribution in [0.3, 0.4) is 0 Å². The number of nitrogens with one attached hydrogen (secondary N) is 5. The lowest BCUT2D eigenvalue weighted by Crippen LogP contribution is -2.47. The summed E-state index contributed by atoms with van der Waals surface area (Å²) in [7, 11) is 0. The third-order valence-electron chi connectivity index (χ3n) is 4.52. The van der Waals surface area contributed by atoms with Crippen LogP contribution in [0.25, 0.3) is 0 Å². The lowest BCUT2D eigenvalue weighted by atomic mass is 9.71. The maximum absolute atomic E-state index is 13.1. The molecule has 12 heteroatoms. The van der Waals surface area contributed by atoms with Crippen molar-refractivity contribution in [2.75, 3.05) is 5.32 Å². The molecule has 0 saturated heterocycles. The molecule has 3 heterocycles. The second kappa shape index (κ2) is 5.57. The van der Waals surface area contributed by atoms with Crippen molar-refractivity contribution in [1.82, 2.24) is 19.9 Å². The summed E-state index contributed by atoms with van der Waals surface area (Å²) >= 11 is 0. The first-order chi connectivity index (χ1) is 13.3. The fraction of sp³-hybridized carbons (Fsp3) is 0.0625. The molecule has 1 amide bonds. The van der Waals surface area contributed by atoms with Gasteiger partial charge in [-0.2, -0.15) is 0 Å². The Morgan fingerprint density at radius 3 is 1.71 bits per heavy atom. The van der Waals surface area contributed by atoms with Gasteiger partial charge in [-0.3, -0.25) is 34.3 Å². The second-order valence-corrected chi connectivity index (χ2v) is 6.01. The molecule has 0 unspecified atom stereocenters. The van der Waals surface area contributed by atoms with Crippen LogP contribution in [0.5, 0.6) is 11.8 Å². The first-order valence-corrected chi connectivity index (χ1v) is 7.80. The Bertz CT molecular complexity index is 1300. The summed E-state index contributed by atoms with van der Waals surface area (Å²) in [6.45, 7) is 0. The molecule has 0 bridgehead atoms. The number of rotatable bonds is 2. The molecule has 0 spiro atoms. The van der Waals surface area contributed by atoms with Crippen LogP contribution in [0.4, 0.5) is 5.69 Å². The van der Waals surface area contributed by atoms with Crippen molar-refractivity contribution in [3.8, 4) is 11.8 Å². The van der Waals surface area contributed by atoms with Crippen molar-refractivity contribution >= 4 is 11.6 Å². The molecular formula is C16H11N5O7. The third kappa shape index (κ3) is 2.08. The van der Waals surface area contributed by atoms with E-state index in [1.165, 1.54) is 18.2 Å². The van der Waals surface area contributed by atoms with Crippen LogP contribution < -0.4 is 27.8 Å². The van der Waals surface area contributed by atoms with E-state index in [1.54, 1.807) is 6.07 Å². The van der Waals surface area contributed by atoms with E-state index in [2.05, 4.69) is 5.32 Å². The molecule has 0 fully saturated rings. The van der Waals surface area contributed by atoms with Crippen molar-refractivity contribution in [3.63, 3.8) is 0 Å². The van der Waals surface area contributed by atoms with Crippen molar-refractivity contribution in [2.24, 2.45) is 0 Å². The number of benzene rings is 1. The second-order valence-electron chi connectivity index (χ2n) is 6.01. The van der Waals surface area contributed by atoms with Gasteiger partial charge in [0.15, 0.2) is 0 Å². The SMILES string of the molecule is O=C1Nc2ccccc2C1(c1c(O)[nH]c(=O)[nH]c1=O)c1c(O)[nH]c(=O)[nH]c1=O. The lowest BCUT2D eigenvalue weighted by Gasteiger charge is -2.27. The molecule has 0 radical (unpaired) electrons. The standard InChI is InChI=1S/C16H11N5O7/c22-9-7(10(23)19-14(27)18-9)16(8-11(24)20-15(28)21-12(8)25)5-3-1-2-4-6(5)17-13(16)26/h1-4H,(H,17,26)(H3,18,19,22,23,27)(H3,20,21,24,25,28). The molecule has 0 saturated carbocycles. The fourth-order valence-corrected chi connectivity index (χ4v) is 3.52. The number of aromatic nitrogens is 4. The number of carbonyl (C=O) groups excluding carboxylic acids is 1. The zero-order valence-corrected chi connectivity index (χ0v) is 13.7. The highest BCUT2D eigenvalue weighted by Crippen LogP contribution is 2.48. The molecule has 3 aromatic rings. The van der Waals surface area contributed by atoms with Crippen molar-refractivity contribution < 1.29 is 15.0 Å². The Morgan fingerprint density at radius 2 is 1.21 bits per heavy atom. The van der Waals surface area contributed by atoms with Gasteiger partial charge in [-0.25, -0.2) is 9.59 Å². The number of para-hydroxylation sites is 1. The van der Waals surface area contributed by atoms with Crippen molar-refractivity contribution in [3.05, 3.63) is 82.6 Å². The molecule has 4 rings (SSSR count). The van der Waals surface area contributed by atoms with Gasteiger partial charge in [0.25, 0.3) is 11.1 Å². The zero-order chi connectivity index (χ0) is 20.2. The first-order valence-electron chi connectivity index (χ1n) is 7.80. The minimum atomic E-state index is -2.36. The average molecular weight is 385 g/mol. The molecular weight excluding hydrogens is 374 g/mol. The molecule has 12 nitrogen and oxygen atoms in total. The lowest BCUT2D eigenvalue weighted by molar-refractivity contribution is -0.118. The molecule has 2 aromatic heterocycles. The number of aromatic amines is 4. The quantitative estimate of drug-likeness (QED) is 0.268. The van der Waals surface area contributed by atoms with Crippen LogP contribution in [0.2, 0.25) is 0 Å². The summed E-state index contributed by atoms with van der Waals surface area (Å²) in [5, 5.41) is 23.1. The maximum Gasteiger partial charge on any atom is 0.328 e. The Hall–Kier alpha value is -4.35. The van der Waals surface area contributed by atoms with Gasteiger partial charge in [0.05, 0.1) is 0 Å². The number of hydrogen-bond donors (Lipinski definition) is 7. The predicted molar refractivity (Wildman–Crippen MR) is 93.7 cm³/mol. The Morgan fingerprint density at radius 1 is 0.714 bits per heavy atom. The van der Waals surface area contributed by atoms with Gasteiger partial charge >= 0.3 is 11.4 Å². The third-order valence-corrected chi connectivity index (χ3v) is 4.52. The molecule has 1 aromatic carbocycles. The van der Waals surface area contributed by atoms with E-state index < -0.39 is 56.7 Å². The first kappa shape index (κ1) is 17.1. The van der Waals surface area contributed by atoms with Crippen LogP contribution in [0, 0.1) is 0 Å². The number of anilines is 1. The summed E-state index contributed by atoms with van der Waals surface area (Å²) in [6, 6.07) is 5.94. The number of carbonyl (C=O) groups is 1. The topological polar surface area (TPSA) is 201 Å². The van der Waals surface area contributed by atoms with Gasteiger partial charge in [-0.05, 0) is 6.07 Å². The van der Waals surface area contributed by atoms with Gasteiger partial charge in [-0.1, -0.05) is 18.2 Å². The summed E-state index contributed by atoms with van der Waals surface area (Å²) in [6.07, 6.45) is 0. The molecule has 28 heavy (non-hydrogen) atoms. The predicted octanol–water partition coefficient (Wildman–Crippen LogP) is -1.86. The Labute approximate surface area is 152 Å². The molecule has 142 valence electrons. The van der Waals surface area contributed by atoms with Crippen LogP contribution in [0.1, 0.15) is 16.7 Å². The number of fused-ring (bicyclic) bond motifs is 1. The normalized spacial score (nSPS) is 14.5. The van der Waals surface area contributed by atoms with E-state index in [4.69, 9.17) is 0 Å². The van der Waals surface area contributed by atoms with Crippen LogP contribution >= 0.6 is 0 Å². The number of aromatic hydroxyl groups is 2. The molecule has 0 aliphatic carbocycles. The van der Waals surface area contributed by atoms with Crippen LogP contribution in [0.15, 0.2) is 43.4 Å². The van der Waals surface area contributed by atoms with Gasteiger partial charge in [0.2, 0.25) is 17.7 Å². The van der Waals surface area contributed by atoms with Gasteiger partial charge in [0, 0.05) is 11.3 Å². The summed E-state index contributed by atoms with van der Waals surface area (Å²) in [5.74, 6) is -2.93.